The Morgan fingerprint density at radius 1 is 1.40 bits per heavy atom. The van der Waals surface area contributed by atoms with Crippen molar-refractivity contribution in [2.24, 2.45) is 0 Å². The highest BCUT2D eigenvalue weighted by atomic mass is 79.9. The normalized spacial score (nSPS) is 23.8. The van der Waals surface area contributed by atoms with Crippen molar-refractivity contribution >= 4 is 26.0 Å². The third-order valence-corrected chi connectivity index (χ3v) is 5.65. The number of rotatable bonds is 3. The largest absolute Gasteiger partial charge is 0.380 e. The molecule has 0 bridgehead atoms. The summed E-state index contributed by atoms with van der Waals surface area (Å²) in [5, 5.41) is 0. The molecule has 1 N–H and O–H groups in total. The van der Waals surface area contributed by atoms with Crippen LogP contribution in [0.1, 0.15) is 19.8 Å². The second-order valence-electron chi connectivity index (χ2n) is 5.02. The number of sulfonamides is 1. The maximum Gasteiger partial charge on any atom is 0.245 e. The molecule has 0 aliphatic carbocycles. The molecule has 2 rings (SSSR count). The van der Waals surface area contributed by atoms with Crippen molar-refractivity contribution in [3.8, 4) is 0 Å². The maximum absolute atomic E-state index is 13.8. The van der Waals surface area contributed by atoms with E-state index in [1.807, 2.05) is 0 Å². The molecule has 1 unspecified atom stereocenters. The molecule has 1 heterocycles. The number of halogens is 3. The van der Waals surface area contributed by atoms with Gasteiger partial charge in [-0.2, -0.15) is 0 Å². The topological polar surface area (TPSA) is 55.4 Å². The van der Waals surface area contributed by atoms with Crippen LogP contribution < -0.4 is 4.72 Å². The molecular formula is C12H14BrF2NO3S. The summed E-state index contributed by atoms with van der Waals surface area (Å²) in [5.74, 6) is -1.98. The second kappa shape index (κ2) is 5.67. The van der Waals surface area contributed by atoms with Crippen molar-refractivity contribution in [3.63, 3.8) is 0 Å². The van der Waals surface area contributed by atoms with Gasteiger partial charge < -0.3 is 4.74 Å². The van der Waals surface area contributed by atoms with Gasteiger partial charge in [0.1, 0.15) is 16.5 Å². The summed E-state index contributed by atoms with van der Waals surface area (Å²) >= 11 is 2.89. The average molecular weight is 370 g/mol. The summed E-state index contributed by atoms with van der Waals surface area (Å²) in [5.41, 5.74) is -0.794. The summed E-state index contributed by atoms with van der Waals surface area (Å²) in [6.07, 6.45) is 1.30. The number of hydrogen-bond acceptors (Lipinski definition) is 3. The van der Waals surface area contributed by atoms with E-state index in [0.717, 1.165) is 6.07 Å². The molecule has 1 aromatic rings. The first kappa shape index (κ1) is 15.8. The van der Waals surface area contributed by atoms with Gasteiger partial charge in [0.25, 0.3) is 0 Å². The van der Waals surface area contributed by atoms with Crippen LogP contribution in [0, 0.1) is 11.6 Å². The highest BCUT2D eigenvalue weighted by Crippen LogP contribution is 2.28. The van der Waals surface area contributed by atoms with Crippen LogP contribution in [0.15, 0.2) is 21.5 Å². The molecule has 1 fully saturated rings. The van der Waals surface area contributed by atoms with E-state index in [1.165, 1.54) is 0 Å². The third-order valence-electron chi connectivity index (χ3n) is 3.05. The van der Waals surface area contributed by atoms with Gasteiger partial charge in [-0.1, -0.05) is 0 Å². The second-order valence-corrected chi connectivity index (χ2v) is 7.49. The van der Waals surface area contributed by atoms with E-state index >= 15 is 0 Å². The predicted octanol–water partition coefficient (Wildman–Crippen LogP) is 2.57. The van der Waals surface area contributed by atoms with E-state index in [1.54, 1.807) is 6.92 Å². The van der Waals surface area contributed by atoms with E-state index in [4.69, 9.17) is 4.74 Å². The fourth-order valence-corrected chi connectivity index (χ4v) is 4.77. The molecule has 0 saturated carbocycles. The Bertz CT molecular complexity index is 592. The van der Waals surface area contributed by atoms with Crippen molar-refractivity contribution in [2.75, 3.05) is 13.2 Å². The Labute approximate surface area is 124 Å². The predicted molar refractivity (Wildman–Crippen MR) is 72.8 cm³/mol. The van der Waals surface area contributed by atoms with Crippen LogP contribution in [0.25, 0.3) is 0 Å². The molecule has 1 aromatic carbocycles. The molecule has 1 aliphatic rings. The molecule has 0 aromatic heterocycles. The van der Waals surface area contributed by atoms with E-state index in [2.05, 4.69) is 20.7 Å². The van der Waals surface area contributed by atoms with Crippen LogP contribution in [0.3, 0.4) is 0 Å². The molecule has 20 heavy (non-hydrogen) atoms. The van der Waals surface area contributed by atoms with Gasteiger partial charge in [0.05, 0.1) is 12.1 Å². The molecular weight excluding hydrogens is 356 g/mol. The highest BCUT2D eigenvalue weighted by molar-refractivity contribution is 9.10. The molecule has 0 radical (unpaired) electrons. The van der Waals surface area contributed by atoms with Crippen LogP contribution in [-0.4, -0.2) is 27.2 Å². The average Bonchev–Trinajstić information content (AvgIpc) is 2.25. The maximum atomic E-state index is 13.8. The molecule has 1 atom stereocenters. The first-order valence-electron chi connectivity index (χ1n) is 6.00. The van der Waals surface area contributed by atoms with Crippen LogP contribution >= 0.6 is 15.9 Å². The third kappa shape index (κ3) is 3.36. The molecule has 1 saturated heterocycles. The monoisotopic (exact) mass is 369 g/mol. The lowest BCUT2D eigenvalue weighted by Crippen LogP contribution is -2.51. The molecule has 0 amide bonds. The van der Waals surface area contributed by atoms with Gasteiger partial charge in [-0.25, -0.2) is 21.9 Å². The lowest BCUT2D eigenvalue weighted by Gasteiger charge is -2.34. The van der Waals surface area contributed by atoms with E-state index < -0.39 is 32.1 Å². The van der Waals surface area contributed by atoms with Crippen molar-refractivity contribution in [2.45, 2.75) is 30.2 Å². The SMILES string of the molecule is CC1(NS(=O)(=O)c2c(F)cc(F)cc2Br)CCCOC1. The number of hydrogen-bond donors (Lipinski definition) is 1. The van der Waals surface area contributed by atoms with E-state index in [-0.39, 0.29) is 11.1 Å². The van der Waals surface area contributed by atoms with Gasteiger partial charge in [-0.05, 0) is 41.8 Å². The quantitative estimate of drug-likeness (QED) is 0.890. The number of benzene rings is 1. The van der Waals surface area contributed by atoms with Crippen LogP contribution in [0.4, 0.5) is 8.78 Å². The Kier molecular flexibility index (Phi) is 4.48. The summed E-state index contributed by atoms with van der Waals surface area (Å²) in [4.78, 5) is -0.592. The summed E-state index contributed by atoms with van der Waals surface area (Å²) in [7, 11) is -4.11. The molecule has 112 valence electrons. The van der Waals surface area contributed by atoms with E-state index in [0.29, 0.717) is 25.5 Å². The Morgan fingerprint density at radius 2 is 2.10 bits per heavy atom. The van der Waals surface area contributed by atoms with E-state index in [9.17, 15) is 17.2 Å². The van der Waals surface area contributed by atoms with Crippen molar-refractivity contribution in [1.82, 2.24) is 4.72 Å². The summed E-state index contributed by atoms with van der Waals surface area (Å²) in [6, 6.07) is 1.45. The van der Waals surface area contributed by atoms with Crippen molar-refractivity contribution < 1.29 is 21.9 Å². The smallest absolute Gasteiger partial charge is 0.245 e. The van der Waals surface area contributed by atoms with Gasteiger partial charge in [-0.15, -0.1) is 0 Å². The molecule has 1 aliphatic heterocycles. The first-order valence-corrected chi connectivity index (χ1v) is 8.27. The fourth-order valence-electron chi connectivity index (χ4n) is 2.18. The van der Waals surface area contributed by atoms with Crippen LogP contribution in [0.2, 0.25) is 0 Å². The van der Waals surface area contributed by atoms with Gasteiger partial charge in [0, 0.05) is 17.1 Å². The minimum atomic E-state index is -4.11. The fraction of sp³-hybridized carbons (Fsp3) is 0.500. The zero-order valence-electron chi connectivity index (χ0n) is 10.8. The lowest BCUT2D eigenvalue weighted by atomic mass is 9.97. The minimum Gasteiger partial charge on any atom is -0.380 e. The minimum absolute atomic E-state index is 0.150. The van der Waals surface area contributed by atoms with Gasteiger partial charge in [0.2, 0.25) is 10.0 Å². The molecule has 8 heteroatoms. The molecule has 4 nitrogen and oxygen atoms in total. The first-order chi connectivity index (χ1) is 9.23. The summed E-state index contributed by atoms with van der Waals surface area (Å²) < 4.78 is 58.9. The zero-order chi connectivity index (χ0) is 15.0. The number of nitrogens with one attached hydrogen (secondary N) is 1. The standard InChI is InChI=1S/C12H14BrF2NO3S/c1-12(3-2-4-19-7-12)16-20(17,18)11-9(13)5-8(14)6-10(11)15/h5-6,16H,2-4,7H2,1H3. The molecule has 0 spiro atoms. The Morgan fingerprint density at radius 3 is 2.65 bits per heavy atom. The Balaban J connectivity index is 2.36. The highest BCUT2D eigenvalue weighted by Gasteiger charge is 2.35. The lowest BCUT2D eigenvalue weighted by molar-refractivity contribution is 0.0386. The van der Waals surface area contributed by atoms with Crippen LogP contribution in [-0.2, 0) is 14.8 Å². The van der Waals surface area contributed by atoms with Crippen molar-refractivity contribution in [3.05, 3.63) is 28.2 Å². The van der Waals surface area contributed by atoms with Crippen LogP contribution in [0.5, 0.6) is 0 Å². The van der Waals surface area contributed by atoms with Gasteiger partial charge >= 0.3 is 0 Å². The van der Waals surface area contributed by atoms with Gasteiger partial charge in [-0.3, -0.25) is 0 Å². The summed E-state index contributed by atoms with van der Waals surface area (Å²) in [6.45, 7) is 2.48. The van der Waals surface area contributed by atoms with Crippen molar-refractivity contribution in [1.29, 1.82) is 0 Å². The Hall–Kier alpha value is -0.570. The van der Waals surface area contributed by atoms with Gasteiger partial charge in [0.15, 0.2) is 0 Å². The number of ether oxygens (including phenoxy) is 1. The zero-order valence-corrected chi connectivity index (χ0v) is 13.2.